The van der Waals surface area contributed by atoms with Crippen molar-refractivity contribution in [1.82, 2.24) is 15.3 Å². The normalized spacial score (nSPS) is 18.0. The van der Waals surface area contributed by atoms with E-state index in [-0.39, 0.29) is 24.3 Å². The Bertz CT molecular complexity index is 735. The highest BCUT2D eigenvalue weighted by atomic mass is 35.5. The lowest BCUT2D eigenvalue weighted by Gasteiger charge is -2.22. The van der Waals surface area contributed by atoms with Crippen LogP contribution in [0.4, 0.5) is 5.82 Å². The molecule has 7 heteroatoms. The number of anilines is 1. The van der Waals surface area contributed by atoms with E-state index in [0.29, 0.717) is 22.9 Å². The van der Waals surface area contributed by atoms with Gasteiger partial charge in [0.2, 0.25) is 11.8 Å². The Balaban J connectivity index is 1.66. The van der Waals surface area contributed by atoms with Gasteiger partial charge in [-0.1, -0.05) is 11.6 Å². The van der Waals surface area contributed by atoms with Gasteiger partial charge in [0, 0.05) is 30.5 Å². The second kappa shape index (κ2) is 6.27. The SMILES string of the molecule is O=C(CC1CCCC(=O)N1)Nc1ccc2cc(Cl)cnc2n1. The molecule has 1 aliphatic rings. The molecule has 1 aliphatic heterocycles. The molecule has 0 radical (unpaired) electrons. The molecule has 0 aromatic carbocycles. The summed E-state index contributed by atoms with van der Waals surface area (Å²) in [4.78, 5) is 31.7. The molecule has 6 nitrogen and oxygen atoms in total. The summed E-state index contributed by atoms with van der Waals surface area (Å²) in [5.41, 5.74) is 0.521. The molecule has 1 saturated heterocycles. The minimum atomic E-state index is -0.173. The number of nitrogens with zero attached hydrogens (tertiary/aromatic N) is 2. The van der Waals surface area contributed by atoms with Gasteiger partial charge in [0.15, 0.2) is 5.65 Å². The Kier molecular flexibility index (Phi) is 4.20. The van der Waals surface area contributed by atoms with Crippen LogP contribution >= 0.6 is 11.6 Å². The van der Waals surface area contributed by atoms with Crippen LogP contribution in [-0.4, -0.2) is 27.8 Å². The van der Waals surface area contributed by atoms with Gasteiger partial charge in [0.25, 0.3) is 0 Å². The van der Waals surface area contributed by atoms with Gasteiger partial charge in [0.1, 0.15) is 5.82 Å². The quantitative estimate of drug-likeness (QED) is 0.909. The number of piperidine rings is 1. The average molecular weight is 319 g/mol. The number of hydrogen-bond acceptors (Lipinski definition) is 4. The lowest BCUT2D eigenvalue weighted by molar-refractivity contribution is -0.124. The first kappa shape index (κ1) is 14.7. The topological polar surface area (TPSA) is 84.0 Å². The van der Waals surface area contributed by atoms with Gasteiger partial charge in [0.05, 0.1) is 5.02 Å². The van der Waals surface area contributed by atoms with Gasteiger partial charge in [-0.15, -0.1) is 0 Å². The molecule has 2 N–H and O–H groups in total. The number of pyridine rings is 2. The highest BCUT2D eigenvalue weighted by Gasteiger charge is 2.20. The van der Waals surface area contributed by atoms with Crippen molar-refractivity contribution in [1.29, 1.82) is 0 Å². The molecular formula is C15H15ClN4O2. The summed E-state index contributed by atoms with van der Waals surface area (Å²) >= 11 is 5.87. The summed E-state index contributed by atoms with van der Waals surface area (Å²) in [6.45, 7) is 0. The zero-order chi connectivity index (χ0) is 15.5. The molecule has 0 saturated carbocycles. The summed E-state index contributed by atoms with van der Waals surface area (Å²) < 4.78 is 0. The Morgan fingerprint density at radius 2 is 2.32 bits per heavy atom. The van der Waals surface area contributed by atoms with Crippen molar-refractivity contribution in [3.8, 4) is 0 Å². The van der Waals surface area contributed by atoms with Crippen molar-refractivity contribution in [2.24, 2.45) is 0 Å². The van der Waals surface area contributed by atoms with Gasteiger partial charge in [-0.05, 0) is 31.0 Å². The van der Waals surface area contributed by atoms with Crippen LogP contribution in [0.1, 0.15) is 25.7 Å². The van der Waals surface area contributed by atoms with E-state index in [1.54, 1.807) is 18.2 Å². The number of rotatable bonds is 3. The fourth-order valence-corrected chi connectivity index (χ4v) is 2.67. The molecule has 114 valence electrons. The number of hydrogen-bond donors (Lipinski definition) is 2. The molecule has 0 spiro atoms. The molecule has 1 atom stereocenters. The van der Waals surface area contributed by atoms with Crippen LogP contribution in [0.5, 0.6) is 0 Å². The first-order chi connectivity index (χ1) is 10.6. The molecule has 1 unspecified atom stereocenters. The summed E-state index contributed by atoms with van der Waals surface area (Å²) in [5, 5.41) is 6.91. The molecule has 1 fully saturated rings. The third-order valence-electron chi connectivity index (χ3n) is 3.53. The van der Waals surface area contributed by atoms with E-state index in [0.717, 1.165) is 18.2 Å². The second-order valence-corrected chi connectivity index (χ2v) is 5.74. The van der Waals surface area contributed by atoms with Gasteiger partial charge in [-0.25, -0.2) is 9.97 Å². The highest BCUT2D eigenvalue weighted by molar-refractivity contribution is 6.31. The molecule has 3 rings (SSSR count). The number of aromatic nitrogens is 2. The lowest BCUT2D eigenvalue weighted by Crippen LogP contribution is -2.40. The number of halogens is 1. The number of amides is 2. The van der Waals surface area contributed by atoms with Gasteiger partial charge >= 0.3 is 0 Å². The fourth-order valence-electron chi connectivity index (χ4n) is 2.51. The summed E-state index contributed by atoms with van der Waals surface area (Å²) in [5.74, 6) is 0.274. The largest absolute Gasteiger partial charge is 0.353 e. The predicted octanol–water partition coefficient (Wildman–Crippen LogP) is 2.28. The van der Waals surface area contributed by atoms with E-state index < -0.39 is 0 Å². The van der Waals surface area contributed by atoms with Crippen molar-refractivity contribution in [3.63, 3.8) is 0 Å². The van der Waals surface area contributed by atoms with E-state index >= 15 is 0 Å². The Morgan fingerprint density at radius 3 is 3.14 bits per heavy atom. The maximum Gasteiger partial charge on any atom is 0.227 e. The molecular weight excluding hydrogens is 304 g/mol. The van der Waals surface area contributed by atoms with Crippen LogP contribution in [0, 0.1) is 0 Å². The first-order valence-corrected chi connectivity index (χ1v) is 7.49. The number of carbonyl (C=O) groups excluding carboxylic acids is 2. The van der Waals surface area contributed by atoms with E-state index in [1.165, 1.54) is 6.20 Å². The molecule has 0 aliphatic carbocycles. The number of carbonyl (C=O) groups is 2. The highest BCUT2D eigenvalue weighted by Crippen LogP contribution is 2.18. The van der Waals surface area contributed by atoms with Gasteiger partial charge in [-0.3, -0.25) is 9.59 Å². The minimum Gasteiger partial charge on any atom is -0.353 e. The third kappa shape index (κ3) is 3.51. The average Bonchev–Trinajstić information content (AvgIpc) is 2.47. The van der Waals surface area contributed by atoms with E-state index in [1.807, 2.05) is 0 Å². The Morgan fingerprint density at radius 1 is 1.45 bits per heavy atom. The first-order valence-electron chi connectivity index (χ1n) is 7.12. The fraction of sp³-hybridized carbons (Fsp3) is 0.333. The summed E-state index contributed by atoms with van der Waals surface area (Å²) in [7, 11) is 0. The number of fused-ring (bicyclic) bond motifs is 1. The third-order valence-corrected chi connectivity index (χ3v) is 3.74. The minimum absolute atomic E-state index is 0.00830. The molecule has 22 heavy (non-hydrogen) atoms. The van der Waals surface area contributed by atoms with Crippen molar-refractivity contribution < 1.29 is 9.59 Å². The molecule has 2 amide bonds. The maximum atomic E-state index is 12.0. The summed E-state index contributed by atoms with van der Waals surface area (Å²) in [6.07, 6.45) is 3.95. The van der Waals surface area contributed by atoms with Crippen LogP contribution in [0.2, 0.25) is 5.02 Å². The van der Waals surface area contributed by atoms with E-state index in [2.05, 4.69) is 20.6 Å². The van der Waals surface area contributed by atoms with Crippen molar-refractivity contribution in [2.45, 2.75) is 31.7 Å². The smallest absolute Gasteiger partial charge is 0.227 e. The zero-order valence-corrected chi connectivity index (χ0v) is 12.6. The van der Waals surface area contributed by atoms with Crippen LogP contribution in [0.15, 0.2) is 24.4 Å². The molecule has 2 aromatic rings. The second-order valence-electron chi connectivity index (χ2n) is 5.31. The standard InChI is InChI=1S/C15H15ClN4O2/c16-10-6-9-4-5-12(20-15(9)17-8-10)19-14(22)7-11-2-1-3-13(21)18-11/h4-6,8,11H,1-3,7H2,(H,18,21)(H,17,19,20,22). The van der Waals surface area contributed by atoms with Crippen LogP contribution in [0.3, 0.4) is 0 Å². The van der Waals surface area contributed by atoms with Crippen LogP contribution in [0.25, 0.3) is 11.0 Å². The Labute approximate surface area is 132 Å². The van der Waals surface area contributed by atoms with Crippen LogP contribution < -0.4 is 10.6 Å². The maximum absolute atomic E-state index is 12.0. The van der Waals surface area contributed by atoms with Crippen molar-refractivity contribution in [2.75, 3.05) is 5.32 Å². The van der Waals surface area contributed by atoms with Crippen molar-refractivity contribution in [3.05, 3.63) is 29.4 Å². The lowest BCUT2D eigenvalue weighted by atomic mass is 10.0. The van der Waals surface area contributed by atoms with Crippen molar-refractivity contribution >= 4 is 40.3 Å². The monoisotopic (exact) mass is 318 g/mol. The van der Waals surface area contributed by atoms with E-state index in [4.69, 9.17) is 11.6 Å². The predicted molar refractivity (Wildman–Crippen MR) is 83.6 cm³/mol. The van der Waals surface area contributed by atoms with Gasteiger partial charge < -0.3 is 10.6 Å². The molecule has 2 aromatic heterocycles. The molecule has 3 heterocycles. The molecule has 0 bridgehead atoms. The van der Waals surface area contributed by atoms with Crippen LogP contribution in [-0.2, 0) is 9.59 Å². The van der Waals surface area contributed by atoms with E-state index in [9.17, 15) is 9.59 Å². The van der Waals surface area contributed by atoms with Gasteiger partial charge in [-0.2, -0.15) is 0 Å². The Hall–Kier alpha value is -2.21. The summed E-state index contributed by atoms with van der Waals surface area (Å²) in [6, 6.07) is 5.18. The number of nitrogens with one attached hydrogen (secondary N) is 2. The zero-order valence-electron chi connectivity index (χ0n) is 11.8.